The number of carbonyl (C=O) groups is 1. The molecule has 8 heteroatoms. The first-order valence-electron chi connectivity index (χ1n) is 9.80. The molecule has 2 rings (SSSR count). The quantitative estimate of drug-likeness (QED) is 0.581. The van der Waals surface area contributed by atoms with E-state index in [0.29, 0.717) is 31.0 Å². The van der Waals surface area contributed by atoms with Crippen molar-refractivity contribution in [2.75, 3.05) is 30.8 Å². The van der Waals surface area contributed by atoms with Crippen LogP contribution >= 0.6 is 0 Å². The molecule has 0 aliphatic carbocycles. The molecule has 0 bridgehead atoms. The number of sulfonamides is 1. The van der Waals surface area contributed by atoms with Crippen LogP contribution in [0.5, 0.6) is 11.5 Å². The maximum Gasteiger partial charge on any atom is 0.261 e. The first kappa shape index (κ1) is 23.5. The summed E-state index contributed by atoms with van der Waals surface area (Å²) in [4.78, 5) is 12.4. The molecule has 0 unspecified atom stereocenters. The molecule has 0 aromatic heterocycles. The molecule has 0 fully saturated rings. The Morgan fingerprint density at radius 2 is 1.80 bits per heavy atom. The fraction of sp³-hybridized carbons (Fsp3) is 0.409. The standard InChI is InChI=1S/C22H30N2O5S/c1-6-20(29-19-10-8-18(9-11-19)24(4)30(5,26)27)22(25)23-13-14-28-21-12-7-16(2)15-17(21)3/h7-12,15,20H,6,13-14H2,1-5H3,(H,23,25)/t20-/m0/s1. The molecule has 0 heterocycles. The van der Waals surface area contributed by atoms with E-state index in [0.717, 1.165) is 17.6 Å². The summed E-state index contributed by atoms with van der Waals surface area (Å²) in [6.07, 6.45) is 0.984. The van der Waals surface area contributed by atoms with Crippen LogP contribution in [0.15, 0.2) is 42.5 Å². The van der Waals surface area contributed by atoms with Gasteiger partial charge in [-0.25, -0.2) is 8.42 Å². The van der Waals surface area contributed by atoms with Crippen LogP contribution in [-0.2, 0) is 14.8 Å². The molecule has 7 nitrogen and oxygen atoms in total. The lowest BCUT2D eigenvalue weighted by Gasteiger charge is -2.19. The zero-order valence-electron chi connectivity index (χ0n) is 18.1. The van der Waals surface area contributed by atoms with Gasteiger partial charge >= 0.3 is 0 Å². The summed E-state index contributed by atoms with van der Waals surface area (Å²) in [5.74, 6) is 1.07. The normalized spacial score (nSPS) is 12.2. The van der Waals surface area contributed by atoms with Crippen LogP contribution in [0.3, 0.4) is 0 Å². The van der Waals surface area contributed by atoms with Crippen molar-refractivity contribution in [3.05, 3.63) is 53.6 Å². The molecular formula is C22H30N2O5S. The van der Waals surface area contributed by atoms with Crippen LogP contribution in [0.2, 0.25) is 0 Å². The van der Waals surface area contributed by atoms with E-state index < -0.39 is 16.1 Å². The van der Waals surface area contributed by atoms with Crippen molar-refractivity contribution in [2.45, 2.75) is 33.3 Å². The molecule has 2 aromatic carbocycles. The van der Waals surface area contributed by atoms with Crippen molar-refractivity contribution in [1.29, 1.82) is 0 Å². The zero-order chi connectivity index (χ0) is 22.3. The van der Waals surface area contributed by atoms with E-state index in [1.54, 1.807) is 24.3 Å². The third-order valence-corrected chi connectivity index (χ3v) is 5.83. The number of rotatable bonds is 10. The van der Waals surface area contributed by atoms with Crippen LogP contribution in [0.25, 0.3) is 0 Å². The predicted octanol–water partition coefficient (Wildman–Crippen LogP) is 3.05. The second-order valence-corrected chi connectivity index (χ2v) is 9.16. The minimum absolute atomic E-state index is 0.223. The summed E-state index contributed by atoms with van der Waals surface area (Å²) >= 11 is 0. The molecule has 30 heavy (non-hydrogen) atoms. The first-order chi connectivity index (χ1) is 14.1. The lowest BCUT2D eigenvalue weighted by Crippen LogP contribution is -2.39. The third kappa shape index (κ3) is 6.66. The maximum absolute atomic E-state index is 12.4. The van der Waals surface area contributed by atoms with E-state index in [-0.39, 0.29) is 5.91 Å². The molecule has 164 valence electrons. The summed E-state index contributed by atoms with van der Waals surface area (Å²) in [6, 6.07) is 12.5. The summed E-state index contributed by atoms with van der Waals surface area (Å²) < 4.78 is 35.9. The minimum atomic E-state index is -3.33. The molecule has 0 saturated carbocycles. The van der Waals surface area contributed by atoms with Gasteiger partial charge in [0.1, 0.15) is 18.1 Å². The van der Waals surface area contributed by atoms with Gasteiger partial charge in [-0.2, -0.15) is 0 Å². The van der Waals surface area contributed by atoms with Gasteiger partial charge < -0.3 is 14.8 Å². The Bertz CT molecular complexity index is 958. The number of anilines is 1. The number of amides is 1. The van der Waals surface area contributed by atoms with Crippen molar-refractivity contribution in [1.82, 2.24) is 5.32 Å². The monoisotopic (exact) mass is 434 g/mol. The topological polar surface area (TPSA) is 84.9 Å². The van der Waals surface area contributed by atoms with Gasteiger partial charge in [0.2, 0.25) is 10.0 Å². The number of nitrogens with one attached hydrogen (secondary N) is 1. The van der Waals surface area contributed by atoms with Crippen LogP contribution in [-0.4, -0.2) is 46.9 Å². The van der Waals surface area contributed by atoms with Gasteiger partial charge in [-0.05, 0) is 56.2 Å². The zero-order valence-corrected chi connectivity index (χ0v) is 19.0. The van der Waals surface area contributed by atoms with E-state index in [4.69, 9.17) is 9.47 Å². The predicted molar refractivity (Wildman–Crippen MR) is 119 cm³/mol. The van der Waals surface area contributed by atoms with Gasteiger partial charge in [-0.15, -0.1) is 0 Å². The molecule has 0 aliphatic heterocycles. The van der Waals surface area contributed by atoms with Crippen LogP contribution in [0, 0.1) is 13.8 Å². The van der Waals surface area contributed by atoms with E-state index in [9.17, 15) is 13.2 Å². The number of hydrogen-bond donors (Lipinski definition) is 1. The van der Waals surface area contributed by atoms with Gasteiger partial charge in [0.05, 0.1) is 18.5 Å². The lowest BCUT2D eigenvalue weighted by atomic mass is 10.1. The summed E-state index contributed by atoms with van der Waals surface area (Å²) in [7, 11) is -1.85. The number of hydrogen-bond acceptors (Lipinski definition) is 5. The van der Waals surface area contributed by atoms with Gasteiger partial charge in [0.25, 0.3) is 5.91 Å². The van der Waals surface area contributed by atoms with Crippen LogP contribution in [0.4, 0.5) is 5.69 Å². The third-order valence-electron chi connectivity index (χ3n) is 4.63. The summed E-state index contributed by atoms with van der Waals surface area (Å²) in [6.45, 7) is 6.60. The Morgan fingerprint density at radius 1 is 1.13 bits per heavy atom. The summed E-state index contributed by atoms with van der Waals surface area (Å²) in [5.41, 5.74) is 2.75. The average molecular weight is 435 g/mol. The Balaban J connectivity index is 1.85. The molecule has 1 atom stereocenters. The highest BCUT2D eigenvalue weighted by Crippen LogP contribution is 2.21. The number of benzene rings is 2. The number of carbonyl (C=O) groups excluding carboxylic acids is 1. The molecule has 0 saturated heterocycles. The molecular weight excluding hydrogens is 404 g/mol. The summed E-state index contributed by atoms with van der Waals surface area (Å²) in [5, 5.41) is 2.83. The smallest absolute Gasteiger partial charge is 0.261 e. The highest BCUT2D eigenvalue weighted by atomic mass is 32.2. The van der Waals surface area contributed by atoms with Crippen molar-refractivity contribution >= 4 is 21.6 Å². The van der Waals surface area contributed by atoms with Crippen molar-refractivity contribution < 1.29 is 22.7 Å². The molecule has 2 aromatic rings. The van der Waals surface area contributed by atoms with Gasteiger partial charge in [-0.1, -0.05) is 24.6 Å². The van der Waals surface area contributed by atoms with E-state index in [2.05, 4.69) is 5.32 Å². The van der Waals surface area contributed by atoms with Crippen molar-refractivity contribution in [3.8, 4) is 11.5 Å². The molecule has 0 aliphatic rings. The second kappa shape index (κ2) is 10.3. The van der Waals surface area contributed by atoms with Crippen molar-refractivity contribution in [3.63, 3.8) is 0 Å². The minimum Gasteiger partial charge on any atom is -0.491 e. The molecule has 1 N–H and O–H groups in total. The Morgan fingerprint density at radius 3 is 2.37 bits per heavy atom. The largest absolute Gasteiger partial charge is 0.491 e. The Hall–Kier alpha value is -2.74. The molecule has 0 radical (unpaired) electrons. The Kier molecular flexibility index (Phi) is 8.11. The fourth-order valence-corrected chi connectivity index (χ4v) is 3.33. The average Bonchev–Trinajstić information content (AvgIpc) is 2.69. The van der Waals surface area contributed by atoms with Gasteiger partial charge in [0.15, 0.2) is 6.10 Å². The maximum atomic E-state index is 12.4. The highest BCUT2D eigenvalue weighted by molar-refractivity contribution is 7.92. The van der Waals surface area contributed by atoms with Crippen LogP contribution < -0.4 is 19.1 Å². The molecule has 0 spiro atoms. The molecule has 1 amide bonds. The van der Waals surface area contributed by atoms with E-state index in [1.165, 1.54) is 16.9 Å². The first-order valence-corrected chi connectivity index (χ1v) is 11.6. The van der Waals surface area contributed by atoms with E-state index >= 15 is 0 Å². The fourth-order valence-electron chi connectivity index (χ4n) is 2.82. The van der Waals surface area contributed by atoms with Gasteiger partial charge in [-0.3, -0.25) is 9.10 Å². The number of aryl methyl sites for hydroxylation is 2. The Labute approximate surface area is 179 Å². The second-order valence-electron chi connectivity index (χ2n) is 7.15. The van der Waals surface area contributed by atoms with Crippen LogP contribution in [0.1, 0.15) is 24.5 Å². The number of nitrogens with zero attached hydrogens (tertiary/aromatic N) is 1. The highest BCUT2D eigenvalue weighted by Gasteiger charge is 2.18. The lowest BCUT2D eigenvalue weighted by molar-refractivity contribution is -0.128. The van der Waals surface area contributed by atoms with Crippen molar-refractivity contribution in [2.24, 2.45) is 0 Å². The SMILES string of the molecule is CC[C@H](Oc1ccc(N(C)S(C)(=O)=O)cc1)C(=O)NCCOc1ccc(C)cc1C. The van der Waals surface area contributed by atoms with E-state index in [1.807, 2.05) is 39.0 Å². The van der Waals surface area contributed by atoms with Gasteiger partial charge in [0, 0.05) is 7.05 Å². The number of ether oxygens (including phenoxy) is 2.